The number of ether oxygens (including phenoxy) is 1. The fourth-order valence-corrected chi connectivity index (χ4v) is 4.99. The quantitative estimate of drug-likeness (QED) is 0.783. The van der Waals surface area contributed by atoms with Crippen LogP contribution in [0, 0.1) is 0 Å². The number of hydrogen-bond donors (Lipinski definition) is 0. The number of nitrogens with zero attached hydrogens (tertiary/aromatic N) is 5. The third-order valence-electron chi connectivity index (χ3n) is 5.67. The van der Waals surface area contributed by atoms with Crippen molar-refractivity contribution in [2.75, 3.05) is 31.1 Å². The molecule has 0 radical (unpaired) electrons. The van der Waals surface area contributed by atoms with Gasteiger partial charge in [-0.1, -0.05) is 17.8 Å². The fourth-order valence-electron chi connectivity index (χ4n) is 3.79. The average Bonchev–Trinajstić information content (AvgIpc) is 3.15. The lowest BCUT2D eigenvalue weighted by atomic mass is 9.96. The van der Waals surface area contributed by atoms with E-state index >= 15 is 0 Å². The Morgan fingerprint density at radius 2 is 2.00 bits per heavy atom. The van der Waals surface area contributed by atoms with Gasteiger partial charge in [0.15, 0.2) is 0 Å². The van der Waals surface area contributed by atoms with E-state index in [2.05, 4.69) is 25.9 Å². The molecule has 1 saturated heterocycles. The fraction of sp³-hybridized carbons (Fsp3) is 0.500. The Balaban J connectivity index is 1.18. The number of anilines is 1. The van der Waals surface area contributed by atoms with Crippen molar-refractivity contribution in [1.82, 2.24) is 19.9 Å². The highest BCUT2D eigenvalue weighted by Crippen LogP contribution is 2.36. The second-order valence-electron chi connectivity index (χ2n) is 7.48. The molecule has 3 aliphatic rings. The minimum absolute atomic E-state index is 0.0435. The number of carbonyl (C=O) groups excluding carboxylic acids is 1. The lowest BCUT2D eigenvalue weighted by molar-refractivity contribution is -0.130. The molecule has 1 saturated carbocycles. The third kappa shape index (κ3) is 3.53. The predicted octanol–water partition coefficient (Wildman–Crippen LogP) is 2.17. The predicted molar refractivity (Wildman–Crippen MR) is 107 cm³/mol. The Morgan fingerprint density at radius 1 is 1.14 bits per heavy atom. The number of pyridine rings is 1. The van der Waals surface area contributed by atoms with Crippen LogP contribution in [0.2, 0.25) is 0 Å². The van der Waals surface area contributed by atoms with Gasteiger partial charge in [-0.25, -0.2) is 15.0 Å². The van der Waals surface area contributed by atoms with E-state index in [1.807, 2.05) is 17.0 Å². The van der Waals surface area contributed by atoms with Crippen LogP contribution in [0.5, 0.6) is 5.88 Å². The summed E-state index contributed by atoms with van der Waals surface area (Å²) in [7, 11) is 0. The van der Waals surface area contributed by atoms with E-state index in [4.69, 9.17) is 4.74 Å². The summed E-state index contributed by atoms with van der Waals surface area (Å²) >= 11 is 1.60. The molecule has 28 heavy (non-hydrogen) atoms. The van der Waals surface area contributed by atoms with Crippen molar-refractivity contribution >= 4 is 23.5 Å². The number of rotatable bonds is 4. The molecule has 2 aromatic heterocycles. The normalized spacial score (nSPS) is 21.9. The van der Waals surface area contributed by atoms with E-state index in [0.29, 0.717) is 25.1 Å². The topological polar surface area (TPSA) is 71.5 Å². The lowest BCUT2D eigenvalue weighted by Gasteiger charge is -2.36. The van der Waals surface area contributed by atoms with Crippen LogP contribution >= 0.6 is 11.8 Å². The highest BCUT2D eigenvalue weighted by Gasteiger charge is 2.33. The van der Waals surface area contributed by atoms with Crippen molar-refractivity contribution in [2.24, 2.45) is 0 Å². The summed E-state index contributed by atoms with van der Waals surface area (Å²) in [5, 5.41) is 0.956. The second kappa shape index (κ2) is 7.58. The van der Waals surface area contributed by atoms with Gasteiger partial charge in [0.2, 0.25) is 11.8 Å². The third-order valence-corrected chi connectivity index (χ3v) is 6.91. The number of thioether (sulfide) groups is 1. The van der Waals surface area contributed by atoms with Crippen molar-refractivity contribution in [3.8, 4) is 5.88 Å². The molecule has 1 amide bonds. The molecule has 1 unspecified atom stereocenters. The first-order valence-corrected chi connectivity index (χ1v) is 10.8. The van der Waals surface area contributed by atoms with E-state index in [1.54, 1.807) is 24.3 Å². The van der Waals surface area contributed by atoms with Crippen molar-refractivity contribution < 1.29 is 9.53 Å². The Hall–Kier alpha value is -2.35. The van der Waals surface area contributed by atoms with E-state index in [0.717, 1.165) is 43.2 Å². The minimum atomic E-state index is -0.0435. The maximum Gasteiger partial charge on any atom is 0.236 e. The van der Waals surface area contributed by atoms with Crippen molar-refractivity contribution in [1.29, 1.82) is 0 Å². The Kier molecular flexibility index (Phi) is 4.80. The molecule has 5 rings (SSSR count). The molecular weight excluding hydrogens is 374 g/mol. The Labute approximate surface area is 168 Å². The second-order valence-corrected chi connectivity index (χ2v) is 8.67. The van der Waals surface area contributed by atoms with E-state index in [1.165, 1.54) is 12.0 Å². The molecule has 146 valence electrons. The zero-order valence-electron chi connectivity index (χ0n) is 15.7. The molecule has 1 atom stereocenters. The van der Waals surface area contributed by atoms with Crippen molar-refractivity contribution in [2.45, 2.75) is 42.1 Å². The summed E-state index contributed by atoms with van der Waals surface area (Å²) in [5.74, 6) is 1.75. The molecular formula is C20H23N5O2S. The van der Waals surface area contributed by atoms with Gasteiger partial charge in [-0.05, 0) is 37.3 Å². The van der Waals surface area contributed by atoms with Crippen LogP contribution in [-0.2, 0) is 11.2 Å². The van der Waals surface area contributed by atoms with E-state index < -0.39 is 0 Å². The number of aromatic nitrogens is 3. The summed E-state index contributed by atoms with van der Waals surface area (Å²) in [5.41, 5.74) is 1.18. The van der Waals surface area contributed by atoms with Crippen LogP contribution in [0.4, 0.5) is 5.82 Å². The summed E-state index contributed by atoms with van der Waals surface area (Å²) in [6.07, 6.45) is 7.90. The maximum atomic E-state index is 12.9. The molecule has 8 heteroatoms. The molecule has 2 fully saturated rings. The van der Waals surface area contributed by atoms with Gasteiger partial charge >= 0.3 is 0 Å². The van der Waals surface area contributed by atoms with Crippen LogP contribution in [0.25, 0.3) is 0 Å². The first-order chi connectivity index (χ1) is 13.8. The molecule has 0 N–H and O–H groups in total. The van der Waals surface area contributed by atoms with E-state index in [-0.39, 0.29) is 11.2 Å². The molecule has 0 bridgehead atoms. The van der Waals surface area contributed by atoms with Gasteiger partial charge in [-0.15, -0.1) is 0 Å². The van der Waals surface area contributed by atoms with Crippen molar-refractivity contribution in [3.05, 3.63) is 36.3 Å². The Morgan fingerprint density at radius 3 is 2.75 bits per heavy atom. The van der Waals surface area contributed by atoms with Crippen LogP contribution in [-0.4, -0.2) is 63.3 Å². The number of fused-ring (bicyclic) bond motifs is 1. The molecule has 7 nitrogen and oxygen atoms in total. The monoisotopic (exact) mass is 397 g/mol. The Bertz CT molecular complexity index is 842. The summed E-state index contributed by atoms with van der Waals surface area (Å²) in [6, 6.07) is 5.93. The zero-order chi connectivity index (χ0) is 18.9. The van der Waals surface area contributed by atoms with Crippen LogP contribution in [0.3, 0.4) is 0 Å². The largest absolute Gasteiger partial charge is 0.474 e. The molecule has 2 aliphatic heterocycles. The summed E-state index contributed by atoms with van der Waals surface area (Å²) < 4.78 is 5.89. The smallest absolute Gasteiger partial charge is 0.236 e. The number of hydrogen-bond acceptors (Lipinski definition) is 7. The first kappa shape index (κ1) is 17.7. The first-order valence-electron chi connectivity index (χ1n) is 9.89. The van der Waals surface area contributed by atoms with Gasteiger partial charge < -0.3 is 14.5 Å². The highest BCUT2D eigenvalue weighted by molar-refractivity contribution is 8.00. The van der Waals surface area contributed by atoms with Gasteiger partial charge in [0.25, 0.3) is 0 Å². The van der Waals surface area contributed by atoms with Crippen LogP contribution < -0.4 is 9.64 Å². The standard InChI is InChI=1S/C20H23N5O2S/c26-20(16-11-14-3-2-6-21-19(14)28-16)25-9-7-24(8-10-25)17-12-18(23-13-22-17)27-15-4-1-5-15/h2-3,6,12-13,15-16H,1,4-5,7-11H2. The molecule has 4 heterocycles. The van der Waals surface area contributed by atoms with Crippen molar-refractivity contribution in [3.63, 3.8) is 0 Å². The van der Waals surface area contributed by atoms with E-state index in [9.17, 15) is 4.79 Å². The minimum Gasteiger partial charge on any atom is -0.474 e. The summed E-state index contributed by atoms with van der Waals surface area (Å²) in [6.45, 7) is 2.97. The van der Waals surface area contributed by atoms with Gasteiger partial charge in [-0.2, -0.15) is 0 Å². The molecule has 2 aromatic rings. The average molecular weight is 398 g/mol. The highest BCUT2D eigenvalue weighted by atomic mass is 32.2. The molecule has 0 spiro atoms. The van der Waals surface area contributed by atoms with Gasteiger partial charge in [-0.3, -0.25) is 4.79 Å². The lowest BCUT2D eigenvalue weighted by Crippen LogP contribution is -2.51. The number of amides is 1. The summed E-state index contributed by atoms with van der Waals surface area (Å²) in [4.78, 5) is 30.2. The van der Waals surface area contributed by atoms with Crippen LogP contribution in [0.15, 0.2) is 35.7 Å². The molecule has 1 aliphatic carbocycles. The van der Waals surface area contributed by atoms with Crippen LogP contribution in [0.1, 0.15) is 24.8 Å². The zero-order valence-corrected chi connectivity index (χ0v) is 16.5. The van der Waals surface area contributed by atoms with Gasteiger partial charge in [0.05, 0.1) is 10.3 Å². The van der Waals surface area contributed by atoms with Gasteiger partial charge in [0, 0.05) is 38.4 Å². The maximum absolute atomic E-state index is 12.9. The SMILES string of the molecule is O=C(C1Cc2cccnc2S1)N1CCN(c2cc(OC3CCC3)ncn2)CC1. The number of carbonyl (C=O) groups is 1. The molecule has 0 aromatic carbocycles. The number of piperazine rings is 1. The van der Waals surface area contributed by atoms with Gasteiger partial charge in [0.1, 0.15) is 18.2 Å².